The largest absolute Gasteiger partial charge is 0.461 e. The standard InChI is InChI=1S/C18H19NO2/c19-16-10-8-14(9-11-16)18(20)21-12-15-6-3-5-13-4-1-2-7-17(13)15/h1-2,4,7-11,15H,3,5-6,12,19H2. The molecule has 3 heteroatoms. The summed E-state index contributed by atoms with van der Waals surface area (Å²) in [5.74, 6) is 0.0331. The molecule has 2 aromatic rings. The predicted molar refractivity (Wildman–Crippen MR) is 83.3 cm³/mol. The van der Waals surface area contributed by atoms with Gasteiger partial charge in [0.15, 0.2) is 0 Å². The van der Waals surface area contributed by atoms with Crippen molar-refractivity contribution >= 4 is 11.7 Å². The van der Waals surface area contributed by atoms with E-state index >= 15 is 0 Å². The highest BCUT2D eigenvalue weighted by Gasteiger charge is 2.21. The molecule has 0 radical (unpaired) electrons. The van der Waals surface area contributed by atoms with E-state index in [1.165, 1.54) is 11.1 Å². The molecule has 1 aliphatic rings. The molecular formula is C18H19NO2. The maximum atomic E-state index is 12.0. The number of benzene rings is 2. The molecule has 0 aliphatic heterocycles. The smallest absolute Gasteiger partial charge is 0.338 e. The minimum absolute atomic E-state index is 0.280. The number of rotatable bonds is 3. The third-order valence-electron chi connectivity index (χ3n) is 4.06. The quantitative estimate of drug-likeness (QED) is 0.691. The first-order valence-corrected chi connectivity index (χ1v) is 7.34. The highest BCUT2D eigenvalue weighted by molar-refractivity contribution is 5.89. The highest BCUT2D eigenvalue weighted by atomic mass is 16.5. The second-order valence-corrected chi connectivity index (χ2v) is 5.51. The van der Waals surface area contributed by atoms with Crippen LogP contribution in [-0.2, 0) is 11.2 Å². The van der Waals surface area contributed by atoms with E-state index in [0.717, 1.165) is 19.3 Å². The fraction of sp³-hybridized carbons (Fsp3) is 0.278. The van der Waals surface area contributed by atoms with Gasteiger partial charge < -0.3 is 10.5 Å². The number of nitrogens with two attached hydrogens (primary N) is 1. The summed E-state index contributed by atoms with van der Waals surface area (Å²) in [4.78, 5) is 12.0. The number of hydrogen-bond acceptors (Lipinski definition) is 3. The van der Waals surface area contributed by atoms with Gasteiger partial charge in [0, 0.05) is 11.6 Å². The number of hydrogen-bond donors (Lipinski definition) is 1. The number of aryl methyl sites for hydroxylation is 1. The van der Waals surface area contributed by atoms with Crippen LogP contribution in [0, 0.1) is 0 Å². The first-order valence-electron chi connectivity index (χ1n) is 7.34. The Labute approximate surface area is 124 Å². The topological polar surface area (TPSA) is 52.3 Å². The predicted octanol–water partition coefficient (Wildman–Crippen LogP) is 3.55. The number of carbonyl (C=O) groups is 1. The van der Waals surface area contributed by atoms with Crippen molar-refractivity contribution in [3.05, 3.63) is 65.2 Å². The van der Waals surface area contributed by atoms with Crippen LogP contribution >= 0.6 is 0 Å². The summed E-state index contributed by atoms with van der Waals surface area (Å²) in [6, 6.07) is 15.3. The van der Waals surface area contributed by atoms with E-state index < -0.39 is 0 Å². The molecule has 0 spiro atoms. The number of ether oxygens (including phenoxy) is 1. The number of nitrogen functional groups attached to an aromatic ring is 1. The number of fused-ring (bicyclic) bond motifs is 1. The lowest BCUT2D eigenvalue weighted by Crippen LogP contribution is -2.17. The van der Waals surface area contributed by atoms with E-state index in [4.69, 9.17) is 10.5 Å². The van der Waals surface area contributed by atoms with Gasteiger partial charge in [-0.05, 0) is 54.7 Å². The Morgan fingerprint density at radius 3 is 2.71 bits per heavy atom. The van der Waals surface area contributed by atoms with Gasteiger partial charge in [0.2, 0.25) is 0 Å². The second-order valence-electron chi connectivity index (χ2n) is 5.51. The second kappa shape index (κ2) is 6.00. The minimum Gasteiger partial charge on any atom is -0.461 e. The SMILES string of the molecule is Nc1ccc(C(=O)OCC2CCCc3ccccc32)cc1. The van der Waals surface area contributed by atoms with Gasteiger partial charge in [0.25, 0.3) is 0 Å². The van der Waals surface area contributed by atoms with Gasteiger partial charge in [-0.3, -0.25) is 0 Å². The molecule has 0 saturated carbocycles. The highest BCUT2D eigenvalue weighted by Crippen LogP contribution is 2.31. The van der Waals surface area contributed by atoms with Gasteiger partial charge >= 0.3 is 5.97 Å². The summed E-state index contributed by atoms with van der Waals surface area (Å²) >= 11 is 0. The molecule has 0 aromatic heterocycles. The van der Waals surface area contributed by atoms with Crippen molar-refractivity contribution in [3.63, 3.8) is 0 Å². The zero-order valence-corrected chi connectivity index (χ0v) is 11.9. The average Bonchev–Trinajstić information content (AvgIpc) is 2.53. The summed E-state index contributed by atoms with van der Waals surface area (Å²) in [6.45, 7) is 0.445. The van der Waals surface area contributed by atoms with Gasteiger partial charge in [-0.2, -0.15) is 0 Å². The number of carbonyl (C=O) groups excluding carboxylic acids is 1. The third kappa shape index (κ3) is 3.07. The molecule has 1 unspecified atom stereocenters. The number of anilines is 1. The lowest BCUT2D eigenvalue weighted by atomic mass is 9.83. The van der Waals surface area contributed by atoms with Crippen molar-refractivity contribution < 1.29 is 9.53 Å². The molecule has 3 rings (SSSR count). The molecule has 2 N–H and O–H groups in total. The Kier molecular flexibility index (Phi) is 3.91. The van der Waals surface area contributed by atoms with Gasteiger partial charge in [-0.1, -0.05) is 24.3 Å². The van der Waals surface area contributed by atoms with Crippen molar-refractivity contribution in [1.82, 2.24) is 0 Å². The van der Waals surface area contributed by atoms with Gasteiger partial charge in [-0.15, -0.1) is 0 Å². The first kappa shape index (κ1) is 13.7. The molecule has 0 fully saturated rings. The Hall–Kier alpha value is -2.29. The molecule has 0 saturated heterocycles. The summed E-state index contributed by atoms with van der Waals surface area (Å²) in [7, 11) is 0. The summed E-state index contributed by atoms with van der Waals surface area (Å²) in [5, 5.41) is 0. The van der Waals surface area contributed by atoms with Crippen molar-refractivity contribution in [1.29, 1.82) is 0 Å². The van der Waals surface area contributed by atoms with Gasteiger partial charge in [0.1, 0.15) is 0 Å². The Morgan fingerprint density at radius 2 is 1.90 bits per heavy atom. The van der Waals surface area contributed by atoms with Crippen LogP contribution in [0.5, 0.6) is 0 Å². The fourth-order valence-corrected chi connectivity index (χ4v) is 2.91. The molecule has 1 atom stereocenters. The summed E-state index contributed by atoms with van der Waals surface area (Å²) in [5.41, 5.74) is 9.53. The molecular weight excluding hydrogens is 262 g/mol. The number of esters is 1. The van der Waals surface area contributed by atoms with Gasteiger partial charge in [0.05, 0.1) is 12.2 Å². The minimum atomic E-state index is -0.280. The van der Waals surface area contributed by atoms with E-state index in [9.17, 15) is 4.79 Å². The van der Waals surface area contributed by atoms with E-state index in [-0.39, 0.29) is 5.97 Å². The molecule has 108 valence electrons. The van der Waals surface area contributed by atoms with E-state index in [0.29, 0.717) is 23.8 Å². The van der Waals surface area contributed by atoms with Crippen LogP contribution in [0.1, 0.15) is 40.2 Å². The lowest BCUT2D eigenvalue weighted by Gasteiger charge is -2.25. The Bertz CT molecular complexity index is 634. The van der Waals surface area contributed by atoms with Crippen LogP contribution in [0.2, 0.25) is 0 Å². The van der Waals surface area contributed by atoms with Crippen LogP contribution in [-0.4, -0.2) is 12.6 Å². The van der Waals surface area contributed by atoms with Crippen molar-refractivity contribution in [3.8, 4) is 0 Å². The summed E-state index contributed by atoms with van der Waals surface area (Å²) in [6.07, 6.45) is 3.35. The summed E-state index contributed by atoms with van der Waals surface area (Å²) < 4.78 is 5.48. The zero-order chi connectivity index (χ0) is 14.7. The van der Waals surface area contributed by atoms with Crippen molar-refractivity contribution in [2.45, 2.75) is 25.2 Å². The third-order valence-corrected chi connectivity index (χ3v) is 4.06. The van der Waals surface area contributed by atoms with Crippen LogP contribution in [0.25, 0.3) is 0 Å². The van der Waals surface area contributed by atoms with Gasteiger partial charge in [-0.25, -0.2) is 4.79 Å². The molecule has 0 heterocycles. The lowest BCUT2D eigenvalue weighted by molar-refractivity contribution is 0.0472. The van der Waals surface area contributed by atoms with Crippen molar-refractivity contribution in [2.24, 2.45) is 0 Å². The molecule has 1 aliphatic carbocycles. The maximum absolute atomic E-state index is 12.0. The van der Waals surface area contributed by atoms with Crippen LogP contribution < -0.4 is 5.73 Å². The van der Waals surface area contributed by atoms with E-state index in [1.54, 1.807) is 24.3 Å². The molecule has 0 bridgehead atoms. The average molecular weight is 281 g/mol. The van der Waals surface area contributed by atoms with Crippen LogP contribution in [0.15, 0.2) is 48.5 Å². The fourth-order valence-electron chi connectivity index (χ4n) is 2.91. The normalized spacial score (nSPS) is 17.0. The Balaban J connectivity index is 1.66. The molecule has 3 nitrogen and oxygen atoms in total. The molecule has 2 aromatic carbocycles. The zero-order valence-electron chi connectivity index (χ0n) is 11.9. The van der Waals surface area contributed by atoms with E-state index in [2.05, 4.69) is 24.3 Å². The van der Waals surface area contributed by atoms with Crippen molar-refractivity contribution in [2.75, 3.05) is 12.3 Å². The maximum Gasteiger partial charge on any atom is 0.338 e. The molecule has 21 heavy (non-hydrogen) atoms. The van der Waals surface area contributed by atoms with E-state index in [1.807, 2.05) is 0 Å². The first-order chi connectivity index (χ1) is 10.2. The molecule has 0 amide bonds. The van der Waals surface area contributed by atoms with Crippen LogP contribution in [0.3, 0.4) is 0 Å². The Morgan fingerprint density at radius 1 is 1.14 bits per heavy atom. The van der Waals surface area contributed by atoms with Crippen LogP contribution in [0.4, 0.5) is 5.69 Å². The monoisotopic (exact) mass is 281 g/mol.